The predicted octanol–water partition coefficient (Wildman–Crippen LogP) is 3.66. The van der Waals surface area contributed by atoms with Gasteiger partial charge in [0.1, 0.15) is 8.07 Å². The average Bonchev–Trinajstić information content (AvgIpc) is 1.87. The molecule has 0 spiro atoms. The molecule has 0 aliphatic rings. The van der Waals surface area contributed by atoms with Gasteiger partial charge in [-0.15, -0.1) is 12.0 Å². The van der Waals surface area contributed by atoms with E-state index in [9.17, 15) is 0 Å². The van der Waals surface area contributed by atoms with Crippen molar-refractivity contribution >= 4 is 46.6 Å². The van der Waals surface area contributed by atoms with Crippen LogP contribution in [0.15, 0.2) is 0 Å². The fourth-order valence-electron chi connectivity index (χ4n) is 0.360. The highest BCUT2D eigenvalue weighted by molar-refractivity contribution is 14.1. The molecule has 0 unspecified atom stereocenters. The third-order valence-corrected chi connectivity index (χ3v) is 1.58. The molecule has 12 heavy (non-hydrogen) atoms. The van der Waals surface area contributed by atoms with E-state index in [0.717, 1.165) is 3.34 Å². The number of halogens is 2. The first-order valence-electron chi connectivity index (χ1n) is 3.53. The minimum Gasteiger partial charge on any atom is -0.131 e. The highest BCUT2D eigenvalue weighted by atomic mass is 127. The van der Waals surface area contributed by atoms with Gasteiger partial charge in [-0.3, -0.25) is 0 Å². The minimum atomic E-state index is -1.15. The normalized spacial score (nSPS) is 8.33. The van der Waals surface area contributed by atoms with E-state index in [2.05, 4.69) is 75.5 Å². The molecule has 0 aromatic carbocycles. The summed E-state index contributed by atoms with van der Waals surface area (Å²) in [7, 11) is -1.15. The van der Waals surface area contributed by atoms with E-state index < -0.39 is 8.07 Å². The van der Waals surface area contributed by atoms with Crippen LogP contribution in [0.1, 0.15) is 6.42 Å². The van der Waals surface area contributed by atoms with Crippen molar-refractivity contribution < 1.29 is 0 Å². The predicted molar refractivity (Wildman–Crippen MR) is 72.4 cm³/mol. The van der Waals surface area contributed by atoms with E-state index in [1.54, 1.807) is 0 Å². The maximum Gasteiger partial charge on any atom is 0.129 e. The summed E-state index contributed by atoms with van der Waals surface area (Å²) in [6.07, 6.45) is 5.62. The highest BCUT2D eigenvalue weighted by Gasteiger charge is 2.06. The lowest BCUT2D eigenvalue weighted by Gasteiger charge is -2.02. The van der Waals surface area contributed by atoms with Crippen LogP contribution in [0.4, 0.5) is 0 Å². The number of hydrogen-bond donors (Lipinski definition) is 0. The molecule has 0 N–H and O–H groups in total. The Morgan fingerprint density at radius 3 is 2.08 bits per heavy atom. The molecule has 0 aromatic heterocycles. The van der Waals surface area contributed by atoms with Gasteiger partial charge in [0, 0.05) is 0 Å². The zero-order valence-electron chi connectivity index (χ0n) is 7.75. The lowest BCUT2D eigenvalue weighted by Crippen LogP contribution is -2.16. The first-order valence-corrected chi connectivity index (χ1v) is 9.68. The summed E-state index contributed by atoms with van der Waals surface area (Å²) < 4.78 is 1.03. The van der Waals surface area contributed by atoms with Crippen LogP contribution < -0.4 is 0 Å². The van der Waals surface area contributed by atoms with Gasteiger partial charge in [0.05, 0.1) is 9.76 Å². The van der Waals surface area contributed by atoms with Crippen molar-refractivity contribution in [2.45, 2.75) is 26.1 Å². The van der Waals surface area contributed by atoms with Crippen LogP contribution in [0.2, 0.25) is 19.6 Å². The van der Waals surface area contributed by atoms with Crippen LogP contribution in [0.25, 0.3) is 0 Å². The zero-order valence-corrected chi connectivity index (χ0v) is 12.5. The Labute approximate surface area is 99.2 Å². The van der Waals surface area contributed by atoms with Crippen LogP contribution in [0.3, 0.4) is 0 Å². The lowest BCUT2D eigenvalue weighted by molar-refractivity contribution is 1.57. The standard InChI is InChI=1S/C8H12Si.CH2BrI/c1-5-6-7-8-9(2,3)4;2-1-3/h1H,6H2,2-4H3;1H2. The van der Waals surface area contributed by atoms with Crippen molar-refractivity contribution in [2.24, 2.45) is 0 Å². The fourth-order valence-corrected chi connectivity index (χ4v) is 0.979. The molecular formula is C9H14BrISi. The van der Waals surface area contributed by atoms with Gasteiger partial charge >= 0.3 is 0 Å². The molecule has 0 heterocycles. The van der Waals surface area contributed by atoms with Gasteiger partial charge in [0.15, 0.2) is 0 Å². The van der Waals surface area contributed by atoms with Gasteiger partial charge in [-0.2, -0.15) is 0 Å². The molecule has 0 atom stereocenters. The topological polar surface area (TPSA) is 0 Å². The second kappa shape index (κ2) is 9.63. The monoisotopic (exact) mass is 356 g/mol. The van der Waals surface area contributed by atoms with Crippen molar-refractivity contribution in [2.75, 3.05) is 3.34 Å². The molecule has 0 bridgehead atoms. The van der Waals surface area contributed by atoms with E-state index in [4.69, 9.17) is 6.42 Å². The third kappa shape index (κ3) is 22.4. The number of hydrogen-bond acceptors (Lipinski definition) is 0. The van der Waals surface area contributed by atoms with Gasteiger partial charge < -0.3 is 0 Å². The van der Waals surface area contributed by atoms with E-state index in [0.29, 0.717) is 6.42 Å². The van der Waals surface area contributed by atoms with Crippen LogP contribution in [0.5, 0.6) is 0 Å². The Balaban J connectivity index is 0. The molecule has 0 saturated heterocycles. The minimum absolute atomic E-state index is 0.601. The Hall–Kier alpha value is 0.547. The molecule has 0 amide bonds. The molecule has 0 nitrogen and oxygen atoms in total. The van der Waals surface area contributed by atoms with Crippen LogP contribution in [0, 0.1) is 23.8 Å². The Morgan fingerprint density at radius 1 is 1.42 bits per heavy atom. The van der Waals surface area contributed by atoms with Gasteiger partial charge in [0.2, 0.25) is 0 Å². The summed E-state index contributed by atoms with van der Waals surface area (Å²) in [5.41, 5.74) is 3.17. The Kier molecular flexibility index (Phi) is 12.1. The van der Waals surface area contributed by atoms with Crippen molar-refractivity contribution in [1.29, 1.82) is 0 Å². The van der Waals surface area contributed by atoms with Crippen LogP contribution in [-0.2, 0) is 0 Å². The van der Waals surface area contributed by atoms with Crippen molar-refractivity contribution in [3.05, 3.63) is 0 Å². The molecular weight excluding hydrogens is 343 g/mol. The molecule has 0 rings (SSSR count). The molecule has 0 radical (unpaired) electrons. The molecule has 3 heteroatoms. The molecule has 0 saturated carbocycles. The summed E-state index contributed by atoms with van der Waals surface area (Å²) in [5.74, 6) is 5.44. The SMILES string of the molecule is BrCI.C#CCC#C[Si](C)(C)C. The molecule has 0 aromatic rings. The largest absolute Gasteiger partial charge is 0.131 e. The lowest BCUT2D eigenvalue weighted by atomic mass is 10.5. The van der Waals surface area contributed by atoms with Gasteiger partial charge in [-0.1, -0.05) is 70.0 Å². The highest BCUT2D eigenvalue weighted by Crippen LogP contribution is 1.95. The fraction of sp³-hybridized carbons (Fsp3) is 0.556. The molecule has 0 aliphatic carbocycles. The van der Waals surface area contributed by atoms with Crippen molar-refractivity contribution in [1.82, 2.24) is 0 Å². The van der Waals surface area contributed by atoms with Crippen LogP contribution >= 0.6 is 38.5 Å². The summed E-state index contributed by atoms with van der Waals surface area (Å²) in [4.78, 5) is 0. The summed E-state index contributed by atoms with van der Waals surface area (Å²) in [5, 5.41) is 0. The van der Waals surface area contributed by atoms with Gasteiger partial charge in [-0.05, 0) is 0 Å². The van der Waals surface area contributed by atoms with Crippen molar-refractivity contribution in [3.8, 4) is 23.8 Å². The van der Waals surface area contributed by atoms with E-state index in [1.807, 2.05) is 0 Å². The molecule has 68 valence electrons. The van der Waals surface area contributed by atoms with Gasteiger partial charge in [-0.25, -0.2) is 0 Å². The second-order valence-corrected chi connectivity index (χ2v) is 11.2. The summed E-state index contributed by atoms with van der Waals surface area (Å²) >= 11 is 5.34. The summed E-state index contributed by atoms with van der Waals surface area (Å²) in [6, 6.07) is 0. The number of rotatable bonds is 0. The molecule has 0 aliphatic heterocycles. The van der Waals surface area contributed by atoms with E-state index in [-0.39, 0.29) is 0 Å². The average molecular weight is 357 g/mol. The Morgan fingerprint density at radius 2 is 1.83 bits per heavy atom. The van der Waals surface area contributed by atoms with E-state index >= 15 is 0 Å². The van der Waals surface area contributed by atoms with Gasteiger partial charge in [0.25, 0.3) is 0 Å². The maximum atomic E-state index is 5.02. The number of alkyl halides is 2. The first kappa shape index (κ1) is 15.0. The summed E-state index contributed by atoms with van der Waals surface area (Å²) in [6.45, 7) is 6.61. The Bertz CT molecular complexity index is 189. The van der Waals surface area contributed by atoms with Crippen LogP contribution in [-0.4, -0.2) is 11.4 Å². The van der Waals surface area contributed by atoms with Crippen molar-refractivity contribution in [3.63, 3.8) is 0 Å². The quantitative estimate of drug-likeness (QED) is 0.269. The zero-order chi connectivity index (χ0) is 10.0. The second-order valence-electron chi connectivity index (χ2n) is 3.03. The molecule has 0 fully saturated rings. The maximum absolute atomic E-state index is 5.02. The number of terminal acetylenes is 1. The van der Waals surface area contributed by atoms with E-state index in [1.165, 1.54) is 0 Å². The smallest absolute Gasteiger partial charge is 0.129 e. The third-order valence-electron chi connectivity index (χ3n) is 0.654. The first-order chi connectivity index (χ1) is 5.47.